The molecule has 0 spiro atoms. The molecule has 4 aromatic rings. The summed E-state index contributed by atoms with van der Waals surface area (Å²) in [5.74, 6) is 1.42. The fourth-order valence-electron chi connectivity index (χ4n) is 2.86. The van der Waals surface area contributed by atoms with Crippen molar-refractivity contribution in [3.63, 3.8) is 0 Å². The lowest BCUT2D eigenvalue weighted by atomic mass is 10.2. The van der Waals surface area contributed by atoms with Crippen molar-refractivity contribution in [2.24, 2.45) is 0 Å². The molecule has 0 aliphatic carbocycles. The molecule has 0 saturated heterocycles. The number of hydrogen-bond acceptors (Lipinski definition) is 4. The first-order chi connectivity index (χ1) is 14.0. The van der Waals surface area contributed by atoms with E-state index in [0.29, 0.717) is 32.9 Å². The maximum Gasteiger partial charge on any atom is 0.251 e. The second-order valence-electron chi connectivity index (χ2n) is 6.36. The van der Waals surface area contributed by atoms with Gasteiger partial charge in [0.2, 0.25) is 0 Å². The Morgan fingerprint density at radius 1 is 1.03 bits per heavy atom. The van der Waals surface area contributed by atoms with Gasteiger partial charge in [0.15, 0.2) is 11.5 Å². The zero-order valence-corrected chi connectivity index (χ0v) is 16.9. The quantitative estimate of drug-likeness (QED) is 0.468. The molecule has 0 saturated carbocycles. The molecule has 1 amide bonds. The van der Waals surface area contributed by atoms with Crippen molar-refractivity contribution in [2.45, 2.75) is 13.0 Å². The van der Waals surface area contributed by atoms with Gasteiger partial charge in [-0.3, -0.25) is 9.20 Å². The zero-order valence-electron chi connectivity index (χ0n) is 15.3. The molecule has 4 rings (SSSR count). The molecule has 0 radical (unpaired) electrons. The molecular formula is C21H16Cl2N4O2. The van der Waals surface area contributed by atoms with Gasteiger partial charge in [-0.2, -0.15) is 0 Å². The molecule has 6 nitrogen and oxygen atoms in total. The van der Waals surface area contributed by atoms with E-state index in [1.54, 1.807) is 42.5 Å². The summed E-state index contributed by atoms with van der Waals surface area (Å²) >= 11 is 12.1. The molecule has 1 N–H and O–H groups in total. The molecule has 8 heteroatoms. The third kappa shape index (κ3) is 4.04. The van der Waals surface area contributed by atoms with Crippen LogP contribution in [0.5, 0.6) is 11.5 Å². The summed E-state index contributed by atoms with van der Waals surface area (Å²) in [6.07, 6.45) is 1.86. The van der Waals surface area contributed by atoms with Crippen LogP contribution in [0.3, 0.4) is 0 Å². The summed E-state index contributed by atoms with van der Waals surface area (Å²) in [6, 6.07) is 17.2. The molecule has 29 heavy (non-hydrogen) atoms. The molecule has 0 aliphatic rings. The lowest BCUT2D eigenvalue weighted by molar-refractivity contribution is 0.0938. The lowest BCUT2D eigenvalue weighted by Crippen LogP contribution is -2.27. The Morgan fingerprint density at radius 3 is 2.62 bits per heavy atom. The molecule has 0 bridgehead atoms. The van der Waals surface area contributed by atoms with Crippen molar-refractivity contribution in [1.82, 2.24) is 19.9 Å². The van der Waals surface area contributed by atoms with Gasteiger partial charge in [0.1, 0.15) is 16.5 Å². The lowest BCUT2D eigenvalue weighted by Gasteiger charge is -2.13. The highest BCUT2D eigenvalue weighted by atomic mass is 35.5. The number of rotatable bonds is 5. The summed E-state index contributed by atoms with van der Waals surface area (Å²) < 4.78 is 7.59. The first-order valence-electron chi connectivity index (χ1n) is 8.85. The highest BCUT2D eigenvalue weighted by Crippen LogP contribution is 2.34. The molecule has 2 aromatic carbocycles. The van der Waals surface area contributed by atoms with Gasteiger partial charge in [-0.05, 0) is 55.5 Å². The first-order valence-corrected chi connectivity index (χ1v) is 9.61. The Morgan fingerprint density at radius 2 is 1.83 bits per heavy atom. The van der Waals surface area contributed by atoms with Gasteiger partial charge in [0.05, 0.1) is 11.1 Å². The number of pyridine rings is 1. The van der Waals surface area contributed by atoms with Crippen molar-refractivity contribution >= 4 is 34.8 Å². The van der Waals surface area contributed by atoms with Crippen LogP contribution in [-0.4, -0.2) is 20.5 Å². The molecular weight excluding hydrogens is 411 g/mol. The Hall–Kier alpha value is -3.09. The van der Waals surface area contributed by atoms with Gasteiger partial charge >= 0.3 is 0 Å². The van der Waals surface area contributed by atoms with E-state index in [4.69, 9.17) is 27.9 Å². The number of aromatic nitrogens is 3. The number of carbonyl (C=O) groups excluding carboxylic acids is 1. The van der Waals surface area contributed by atoms with Gasteiger partial charge in [0.25, 0.3) is 5.91 Å². The van der Waals surface area contributed by atoms with Crippen LogP contribution in [-0.2, 0) is 0 Å². The van der Waals surface area contributed by atoms with E-state index in [2.05, 4.69) is 15.5 Å². The Labute approximate surface area is 177 Å². The number of amides is 1. The average Bonchev–Trinajstić information content (AvgIpc) is 3.16. The number of carbonyl (C=O) groups is 1. The summed E-state index contributed by atoms with van der Waals surface area (Å²) in [6.45, 7) is 1.86. The number of benzene rings is 2. The van der Waals surface area contributed by atoms with Crippen molar-refractivity contribution in [2.75, 3.05) is 0 Å². The van der Waals surface area contributed by atoms with E-state index < -0.39 is 0 Å². The average molecular weight is 427 g/mol. The molecule has 1 atom stereocenters. The highest BCUT2D eigenvalue weighted by Gasteiger charge is 2.17. The summed E-state index contributed by atoms with van der Waals surface area (Å²) in [7, 11) is 0. The van der Waals surface area contributed by atoms with Gasteiger partial charge < -0.3 is 10.1 Å². The summed E-state index contributed by atoms with van der Waals surface area (Å²) in [5.41, 5.74) is 1.22. The molecule has 0 aliphatic heterocycles. The summed E-state index contributed by atoms with van der Waals surface area (Å²) in [4.78, 5) is 12.6. The molecule has 0 unspecified atom stereocenters. The molecule has 146 valence electrons. The molecule has 0 fully saturated rings. The maximum atomic E-state index is 12.6. The van der Waals surface area contributed by atoms with Crippen molar-refractivity contribution in [3.8, 4) is 11.5 Å². The van der Waals surface area contributed by atoms with E-state index in [1.165, 1.54) is 0 Å². The predicted molar refractivity (Wildman–Crippen MR) is 112 cm³/mol. The smallest absolute Gasteiger partial charge is 0.251 e. The van der Waals surface area contributed by atoms with Gasteiger partial charge in [-0.25, -0.2) is 0 Å². The van der Waals surface area contributed by atoms with E-state index in [0.717, 1.165) is 5.65 Å². The maximum absolute atomic E-state index is 12.6. The molecule has 2 heterocycles. The Bertz CT molecular complexity index is 1170. The minimum atomic E-state index is -0.318. The SMILES string of the molecule is C[C@@H](NC(=O)c1ccc(Oc2cccc(Cl)c2Cl)cc1)c1nnc2ccccn12. The third-order valence-corrected chi connectivity index (χ3v) is 5.14. The second-order valence-corrected chi connectivity index (χ2v) is 7.15. The van der Waals surface area contributed by atoms with Crippen LogP contribution in [0, 0.1) is 0 Å². The normalized spacial score (nSPS) is 12.0. The van der Waals surface area contributed by atoms with E-state index >= 15 is 0 Å². The van der Waals surface area contributed by atoms with Crippen molar-refractivity contribution in [1.29, 1.82) is 0 Å². The van der Waals surface area contributed by atoms with Crippen LogP contribution >= 0.6 is 23.2 Å². The Kier molecular flexibility index (Phi) is 5.38. The van der Waals surface area contributed by atoms with Crippen LogP contribution in [0.15, 0.2) is 66.9 Å². The van der Waals surface area contributed by atoms with Gasteiger partial charge in [-0.15, -0.1) is 10.2 Å². The van der Waals surface area contributed by atoms with Crippen LogP contribution in [0.25, 0.3) is 5.65 Å². The number of fused-ring (bicyclic) bond motifs is 1. The van der Waals surface area contributed by atoms with Gasteiger partial charge in [0, 0.05) is 11.8 Å². The van der Waals surface area contributed by atoms with Crippen LogP contribution < -0.4 is 10.1 Å². The third-order valence-electron chi connectivity index (χ3n) is 4.34. The summed E-state index contributed by atoms with van der Waals surface area (Å²) in [5, 5.41) is 12.0. The number of nitrogens with zero attached hydrogens (tertiary/aromatic N) is 3. The number of nitrogens with one attached hydrogen (secondary N) is 1. The first kappa shape index (κ1) is 19.2. The van der Waals surface area contributed by atoms with Gasteiger partial charge in [-0.1, -0.05) is 35.3 Å². The van der Waals surface area contributed by atoms with Crippen molar-refractivity contribution in [3.05, 3.63) is 88.3 Å². The highest BCUT2D eigenvalue weighted by molar-refractivity contribution is 6.42. The predicted octanol–water partition coefficient (Wildman–Crippen LogP) is 5.32. The fraction of sp³-hybridized carbons (Fsp3) is 0.0952. The standard InChI is InChI=1S/C21H16Cl2N4O2/c1-13(20-26-25-18-7-2-3-12-27(18)20)24-21(28)14-8-10-15(11-9-14)29-17-6-4-5-16(22)19(17)23/h2-13H,1H3,(H,24,28)/t13-/m1/s1. The topological polar surface area (TPSA) is 68.5 Å². The van der Waals surface area contributed by atoms with E-state index in [9.17, 15) is 4.79 Å². The number of hydrogen-bond donors (Lipinski definition) is 1. The largest absolute Gasteiger partial charge is 0.456 e. The van der Waals surface area contributed by atoms with Crippen molar-refractivity contribution < 1.29 is 9.53 Å². The second kappa shape index (κ2) is 8.11. The van der Waals surface area contributed by atoms with E-state index in [-0.39, 0.29) is 11.9 Å². The zero-order chi connectivity index (χ0) is 20.4. The minimum Gasteiger partial charge on any atom is -0.456 e. The number of ether oxygens (including phenoxy) is 1. The van der Waals surface area contributed by atoms with Crippen LogP contribution in [0.1, 0.15) is 29.1 Å². The monoisotopic (exact) mass is 426 g/mol. The minimum absolute atomic E-state index is 0.225. The fourth-order valence-corrected chi connectivity index (χ4v) is 3.19. The van der Waals surface area contributed by atoms with E-state index in [1.807, 2.05) is 35.7 Å². The Balaban J connectivity index is 1.46. The molecule has 2 aromatic heterocycles. The number of halogens is 2. The van der Waals surface area contributed by atoms with Crippen LogP contribution in [0.2, 0.25) is 10.0 Å². The van der Waals surface area contributed by atoms with Crippen LogP contribution in [0.4, 0.5) is 0 Å².